The molecule has 2 aliphatic rings. The molecule has 0 spiro atoms. The van der Waals surface area contributed by atoms with Crippen LogP contribution in [0.1, 0.15) is 36.2 Å². The molecule has 0 aliphatic carbocycles. The topological polar surface area (TPSA) is 112 Å². The Labute approximate surface area is 200 Å². The van der Waals surface area contributed by atoms with Gasteiger partial charge in [0, 0.05) is 18.4 Å². The molecule has 2 saturated heterocycles. The van der Waals surface area contributed by atoms with Crippen molar-refractivity contribution in [2.75, 3.05) is 24.7 Å². The molecule has 2 atom stereocenters. The maximum Gasteiger partial charge on any atom is 0.387 e. The van der Waals surface area contributed by atoms with Crippen LogP contribution in [0.15, 0.2) is 36.5 Å². The molecule has 2 aliphatic heterocycles. The van der Waals surface area contributed by atoms with Crippen LogP contribution in [-0.4, -0.2) is 66.0 Å². The summed E-state index contributed by atoms with van der Waals surface area (Å²) in [5, 5.41) is 7.56. The number of nitrogens with one attached hydrogen (secondary N) is 1. The minimum absolute atomic E-state index is 0.000146. The van der Waals surface area contributed by atoms with E-state index in [1.165, 1.54) is 18.3 Å². The van der Waals surface area contributed by atoms with Gasteiger partial charge in [-0.1, -0.05) is 12.1 Å². The number of rotatable bonds is 6. The third kappa shape index (κ3) is 4.85. The standard InChI is InChI=1S/C23H24F2N4O5S/c1-23(6-8-35(31,32)13-23)27-21(30)15-10-18-20(26-11-15)19(28-29(18)16-5-7-33-12-16)14-3-2-4-17(9-14)34-22(24)25/h2-4,9-11,16,22H,5-8,12-13H2,1H3,(H,27,30)/t16-,23-/m0/s1. The SMILES string of the molecule is C[C@]1(NC(=O)c2cnc3c(-c4cccc(OC(F)F)c4)nn([C@H]4CCOC4)c3c2)CCS(=O)(=O)C1. The summed E-state index contributed by atoms with van der Waals surface area (Å²) in [4.78, 5) is 17.5. The lowest BCUT2D eigenvalue weighted by Crippen LogP contribution is -2.46. The number of pyridine rings is 1. The second-order valence-electron chi connectivity index (χ2n) is 9.17. The number of amides is 1. The highest BCUT2D eigenvalue weighted by molar-refractivity contribution is 7.91. The van der Waals surface area contributed by atoms with Gasteiger partial charge in [0.2, 0.25) is 0 Å². The number of alkyl halides is 2. The van der Waals surface area contributed by atoms with Crippen LogP contribution in [0.2, 0.25) is 0 Å². The lowest BCUT2D eigenvalue weighted by atomic mass is 10.0. The molecule has 1 amide bonds. The monoisotopic (exact) mass is 506 g/mol. The van der Waals surface area contributed by atoms with E-state index in [9.17, 15) is 22.0 Å². The Kier molecular flexibility index (Phi) is 5.96. The molecular formula is C23H24F2N4O5S. The molecule has 5 rings (SSSR count). The minimum Gasteiger partial charge on any atom is -0.435 e. The fraction of sp³-hybridized carbons (Fsp3) is 0.435. The maximum absolute atomic E-state index is 13.0. The number of aromatic nitrogens is 3. The highest BCUT2D eigenvalue weighted by Crippen LogP contribution is 2.33. The third-order valence-corrected chi connectivity index (χ3v) is 8.21. The summed E-state index contributed by atoms with van der Waals surface area (Å²) in [5.74, 6) is -0.504. The number of hydrogen-bond acceptors (Lipinski definition) is 7. The van der Waals surface area contributed by atoms with Crippen molar-refractivity contribution in [3.8, 4) is 17.0 Å². The van der Waals surface area contributed by atoms with Crippen LogP contribution >= 0.6 is 0 Å². The molecule has 35 heavy (non-hydrogen) atoms. The van der Waals surface area contributed by atoms with Gasteiger partial charge in [0.25, 0.3) is 5.91 Å². The van der Waals surface area contributed by atoms with Crippen molar-refractivity contribution in [3.63, 3.8) is 0 Å². The van der Waals surface area contributed by atoms with Gasteiger partial charge in [-0.15, -0.1) is 0 Å². The first-order valence-electron chi connectivity index (χ1n) is 11.2. The summed E-state index contributed by atoms with van der Waals surface area (Å²) < 4.78 is 61.1. The minimum atomic E-state index is -3.19. The average Bonchev–Trinajstić information content (AvgIpc) is 3.50. The third-order valence-electron chi connectivity index (χ3n) is 6.31. The number of hydrogen-bond donors (Lipinski definition) is 1. The smallest absolute Gasteiger partial charge is 0.387 e. The van der Waals surface area contributed by atoms with Gasteiger partial charge in [-0.2, -0.15) is 13.9 Å². The molecule has 9 nitrogen and oxygen atoms in total. The second kappa shape index (κ2) is 8.83. The molecule has 4 heterocycles. The van der Waals surface area contributed by atoms with Crippen molar-refractivity contribution < 1.29 is 31.5 Å². The van der Waals surface area contributed by atoms with Gasteiger partial charge >= 0.3 is 6.61 Å². The van der Waals surface area contributed by atoms with Crippen molar-refractivity contribution in [2.45, 2.75) is 38.0 Å². The van der Waals surface area contributed by atoms with Gasteiger partial charge in [0.15, 0.2) is 9.84 Å². The molecule has 2 aromatic heterocycles. The van der Waals surface area contributed by atoms with Gasteiger partial charge < -0.3 is 14.8 Å². The normalized spacial score (nSPS) is 23.7. The van der Waals surface area contributed by atoms with Gasteiger partial charge in [-0.3, -0.25) is 14.5 Å². The zero-order valence-electron chi connectivity index (χ0n) is 18.9. The molecule has 0 saturated carbocycles. The second-order valence-corrected chi connectivity index (χ2v) is 11.3. The fourth-order valence-electron chi connectivity index (χ4n) is 4.61. The van der Waals surface area contributed by atoms with Crippen LogP contribution in [-0.2, 0) is 14.6 Å². The Morgan fingerprint density at radius 2 is 2.17 bits per heavy atom. The van der Waals surface area contributed by atoms with E-state index in [1.807, 2.05) is 0 Å². The van der Waals surface area contributed by atoms with Crippen molar-refractivity contribution in [1.29, 1.82) is 0 Å². The summed E-state index contributed by atoms with van der Waals surface area (Å²) >= 11 is 0. The molecule has 0 bridgehead atoms. The Morgan fingerprint density at radius 1 is 1.34 bits per heavy atom. The predicted octanol–water partition coefficient (Wildman–Crippen LogP) is 2.97. The van der Waals surface area contributed by atoms with Gasteiger partial charge in [-0.05, 0) is 38.0 Å². The zero-order valence-corrected chi connectivity index (χ0v) is 19.7. The number of fused-ring (bicyclic) bond motifs is 1. The number of nitrogens with zero attached hydrogens (tertiary/aromatic N) is 3. The summed E-state index contributed by atoms with van der Waals surface area (Å²) in [5.41, 5.74) is 1.52. The van der Waals surface area contributed by atoms with Crippen LogP contribution < -0.4 is 10.1 Å². The van der Waals surface area contributed by atoms with E-state index in [1.54, 1.807) is 29.8 Å². The van der Waals surface area contributed by atoms with E-state index in [0.29, 0.717) is 41.9 Å². The van der Waals surface area contributed by atoms with Crippen molar-refractivity contribution in [3.05, 3.63) is 42.1 Å². The molecule has 3 aromatic rings. The van der Waals surface area contributed by atoms with Crippen LogP contribution in [0, 0.1) is 0 Å². The first kappa shape index (κ1) is 23.6. The molecule has 186 valence electrons. The van der Waals surface area contributed by atoms with E-state index < -0.39 is 27.9 Å². The molecule has 1 aromatic carbocycles. The van der Waals surface area contributed by atoms with Crippen LogP contribution in [0.4, 0.5) is 8.78 Å². The van der Waals surface area contributed by atoms with Crippen molar-refractivity contribution in [1.82, 2.24) is 20.1 Å². The van der Waals surface area contributed by atoms with E-state index >= 15 is 0 Å². The van der Waals surface area contributed by atoms with Crippen LogP contribution in [0.3, 0.4) is 0 Å². The Bertz CT molecular complexity index is 1390. The molecule has 12 heteroatoms. The van der Waals surface area contributed by atoms with Crippen molar-refractivity contribution in [2.24, 2.45) is 0 Å². The highest BCUT2D eigenvalue weighted by atomic mass is 32.2. The van der Waals surface area contributed by atoms with E-state index in [2.05, 4.69) is 15.0 Å². The number of sulfone groups is 1. The summed E-state index contributed by atoms with van der Waals surface area (Å²) in [7, 11) is -3.19. The molecule has 0 radical (unpaired) electrons. The molecular weight excluding hydrogens is 482 g/mol. The lowest BCUT2D eigenvalue weighted by molar-refractivity contribution is -0.0498. The Morgan fingerprint density at radius 3 is 2.86 bits per heavy atom. The number of benzene rings is 1. The van der Waals surface area contributed by atoms with Crippen molar-refractivity contribution >= 4 is 26.8 Å². The van der Waals surface area contributed by atoms with Crippen LogP contribution in [0.25, 0.3) is 22.3 Å². The zero-order chi connectivity index (χ0) is 24.8. The summed E-state index contributed by atoms with van der Waals surface area (Å²) in [6, 6.07) is 7.79. The average molecular weight is 507 g/mol. The quantitative estimate of drug-likeness (QED) is 0.547. The molecule has 2 fully saturated rings. The van der Waals surface area contributed by atoms with E-state index in [-0.39, 0.29) is 28.9 Å². The van der Waals surface area contributed by atoms with Gasteiger partial charge in [-0.25, -0.2) is 8.42 Å². The fourth-order valence-corrected chi connectivity index (χ4v) is 6.70. The summed E-state index contributed by atoms with van der Waals surface area (Å²) in [6.07, 6.45) is 2.47. The summed E-state index contributed by atoms with van der Waals surface area (Å²) in [6.45, 7) is -0.226. The first-order chi connectivity index (χ1) is 16.6. The molecule has 0 unspecified atom stereocenters. The largest absolute Gasteiger partial charge is 0.435 e. The Balaban J connectivity index is 1.53. The van der Waals surface area contributed by atoms with Crippen LogP contribution in [0.5, 0.6) is 5.75 Å². The number of halogens is 2. The van der Waals surface area contributed by atoms with Gasteiger partial charge in [0.05, 0.1) is 40.8 Å². The number of ether oxygens (including phenoxy) is 2. The lowest BCUT2D eigenvalue weighted by Gasteiger charge is -2.23. The highest BCUT2D eigenvalue weighted by Gasteiger charge is 2.39. The number of carbonyl (C=O) groups is 1. The Hall–Kier alpha value is -3.12. The maximum atomic E-state index is 13.0. The first-order valence-corrected chi connectivity index (χ1v) is 13.0. The van der Waals surface area contributed by atoms with E-state index in [0.717, 1.165) is 6.42 Å². The molecule has 1 N–H and O–H groups in total. The van der Waals surface area contributed by atoms with E-state index in [4.69, 9.17) is 9.84 Å². The number of carbonyl (C=O) groups excluding carboxylic acids is 1. The van der Waals surface area contributed by atoms with Gasteiger partial charge in [0.1, 0.15) is 17.0 Å². The predicted molar refractivity (Wildman–Crippen MR) is 123 cm³/mol.